The van der Waals surface area contributed by atoms with E-state index in [2.05, 4.69) is 10.3 Å². The Hall–Kier alpha value is -2.17. The normalized spacial score (nSPS) is 11.2. The van der Waals surface area contributed by atoms with Crippen LogP contribution in [0, 0.1) is 0 Å². The van der Waals surface area contributed by atoms with Crippen molar-refractivity contribution in [3.05, 3.63) is 29.8 Å². The van der Waals surface area contributed by atoms with Crippen LogP contribution in [0.2, 0.25) is 0 Å². The summed E-state index contributed by atoms with van der Waals surface area (Å²) < 4.78 is 31.6. The fourth-order valence-electron chi connectivity index (χ4n) is 0.900. The Balaban J connectivity index is 0.000000555. The van der Waals surface area contributed by atoms with Crippen molar-refractivity contribution in [2.45, 2.75) is 0 Å². The minimum Gasteiger partial charge on any atom is -0.478 e. The number of aliphatic imine (C=N–C) groups is 1. The van der Waals surface area contributed by atoms with Crippen molar-refractivity contribution < 1.29 is 27.4 Å². The van der Waals surface area contributed by atoms with Crippen LogP contribution in [0.1, 0.15) is 10.4 Å². The zero-order valence-electron chi connectivity index (χ0n) is 9.81. The standard InChI is InChI=1S/C9H11N3O2.H2O4S/c1-11-9(10)12-7-4-2-6(3-5-7)8(13)14;1-5(2,3)4/h2-5H,1H3,(H,13,14)(H3,10,11,12);(H2,1,2,3,4). The van der Waals surface area contributed by atoms with Gasteiger partial charge in [-0.3, -0.25) is 14.1 Å². The molecule has 0 aliphatic carbocycles. The molecule has 0 aromatic heterocycles. The highest BCUT2D eigenvalue weighted by atomic mass is 32.3. The summed E-state index contributed by atoms with van der Waals surface area (Å²) in [5.74, 6) is -0.665. The first-order chi connectivity index (χ1) is 8.63. The highest BCUT2D eigenvalue weighted by Gasteiger charge is 2.01. The maximum absolute atomic E-state index is 10.5. The van der Waals surface area contributed by atoms with Gasteiger partial charge >= 0.3 is 16.4 Å². The summed E-state index contributed by atoms with van der Waals surface area (Å²) >= 11 is 0. The largest absolute Gasteiger partial charge is 0.478 e. The second-order valence-corrected chi connectivity index (χ2v) is 3.96. The molecule has 19 heavy (non-hydrogen) atoms. The smallest absolute Gasteiger partial charge is 0.394 e. The zero-order valence-corrected chi connectivity index (χ0v) is 10.6. The van der Waals surface area contributed by atoms with Crippen molar-refractivity contribution in [3.63, 3.8) is 0 Å². The van der Waals surface area contributed by atoms with Crippen LogP contribution in [0.15, 0.2) is 29.3 Å². The topological polar surface area (TPSA) is 162 Å². The molecule has 10 heteroatoms. The molecule has 0 aliphatic rings. The van der Waals surface area contributed by atoms with E-state index < -0.39 is 16.4 Å². The second-order valence-electron chi connectivity index (χ2n) is 3.06. The number of carboxylic acid groups (broad SMARTS) is 1. The molecule has 6 N–H and O–H groups in total. The van der Waals surface area contributed by atoms with Crippen molar-refractivity contribution in [2.24, 2.45) is 10.7 Å². The fourth-order valence-corrected chi connectivity index (χ4v) is 0.900. The van der Waals surface area contributed by atoms with E-state index in [1.54, 1.807) is 19.2 Å². The second kappa shape index (κ2) is 7.31. The first-order valence-corrected chi connectivity index (χ1v) is 6.05. The third kappa shape index (κ3) is 9.52. The van der Waals surface area contributed by atoms with Crippen LogP contribution in [0.3, 0.4) is 0 Å². The summed E-state index contributed by atoms with van der Waals surface area (Å²) in [6.45, 7) is 0. The average molecular weight is 291 g/mol. The molecule has 0 atom stereocenters. The lowest BCUT2D eigenvalue weighted by Gasteiger charge is -2.04. The number of nitrogens with two attached hydrogens (primary N) is 1. The van der Waals surface area contributed by atoms with Crippen LogP contribution in [-0.4, -0.2) is 41.6 Å². The lowest BCUT2D eigenvalue weighted by Crippen LogP contribution is -2.21. The molecule has 1 rings (SSSR count). The van der Waals surface area contributed by atoms with Gasteiger partial charge in [0.25, 0.3) is 0 Å². The number of hydrogen-bond acceptors (Lipinski definition) is 4. The van der Waals surface area contributed by atoms with E-state index in [0.29, 0.717) is 5.69 Å². The Bertz CT molecular complexity index is 544. The van der Waals surface area contributed by atoms with E-state index in [-0.39, 0.29) is 11.5 Å². The number of nitrogens with zero attached hydrogens (tertiary/aromatic N) is 1. The molecule has 1 aromatic rings. The molecule has 0 radical (unpaired) electrons. The molecule has 0 amide bonds. The summed E-state index contributed by atoms with van der Waals surface area (Å²) in [6, 6.07) is 6.24. The third-order valence-corrected chi connectivity index (χ3v) is 1.65. The Morgan fingerprint density at radius 2 is 1.68 bits per heavy atom. The Labute approximate surface area is 109 Å². The Kier molecular flexibility index (Phi) is 6.47. The number of hydrogen-bond donors (Lipinski definition) is 5. The van der Waals surface area contributed by atoms with E-state index >= 15 is 0 Å². The summed E-state index contributed by atoms with van der Waals surface area (Å²) in [7, 11) is -3.10. The maximum atomic E-state index is 10.5. The number of anilines is 1. The Morgan fingerprint density at radius 1 is 1.26 bits per heavy atom. The van der Waals surface area contributed by atoms with Crippen LogP contribution < -0.4 is 11.1 Å². The van der Waals surface area contributed by atoms with Gasteiger partial charge in [0.15, 0.2) is 5.96 Å². The minimum atomic E-state index is -4.67. The molecule has 0 saturated heterocycles. The number of carboxylic acids is 1. The average Bonchev–Trinajstić information content (AvgIpc) is 2.27. The molecule has 0 aliphatic heterocycles. The van der Waals surface area contributed by atoms with Gasteiger partial charge in [0.05, 0.1) is 5.56 Å². The van der Waals surface area contributed by atoms with E-state index in [4.69, 9.17) is 28.4 Å². The van der Waals surface area contributed by atoms with Crippen LogP contribution >= 0.6 is 0 Å². The van der Waals surface area contributed by atoms with Crippen LogP contribution in [0.4, 0.5) is 5.69 Å². The number of guanidine groups is 1. The molecule has 0 spiro atoms. The molecular formula is C9H13N3O6S. The lowest BCUT2D eigenvalue weighted by molar-refractivity contribution is 0.0697. The molecule has 1 aromatic carbocycles. The highest BCUT2D eigenvalue weighted by molar-refractivity contribution is 7.79. The molecule has 0 heterocycles. The van der Waals surface area contributed by atoms with Crippen molar-refractivity contribution >= 4 is 28.0 Å². The SMILES string of the molecule is CN=C(N)Nc1ccc(C(=O)O)cc1.O=S(=O)(O)O. The van der Waals surface area contributed by atoms with E-state index in [1.165, 1.54) is 12.1 Å². The van der Waals surface area contributed by atoms with Crippen molar-refractivity contribution in [1.82, 2.24) is 0 Å². The number of nitrogens with one attached hydrogen (secondary N) is 1. The summed E-state index contributed by atoms with van der Waals surface area (Å²) in [4.78, 5) is 14.2. The summed E-state index contributed by atoms with van der Waals surface area (Å²) in [5, 5.41) is 11.4. The van der Waals surface area contributed by atoms with Gasteiger partial charge in [-0.15, -0.1) is 0 Å². The minimum absolute atomic E-state index is 0.238. The van der Waals surface area contributed by atoms with E-state index in [0.717, 1.165) is 0 Å². The molecule has 0 unspecified atom stereocenters. The van der Waals surface area contributed by atoms with Crippen molar-refractivity contribution in [3.8, 4) is 0 Å². The van der Waals surface area contributed by atoms with Gasteiger partial charge in [0.2, 0.25) is 0 Å². The van der Waals surface area contributed by atoms with Gasteiger partial charge in [-0.1, -0.05) is 0 Å². The molecule has 106 valence electrons. The quantitative estimate of drug-likeness (QED) is 0.291. The van der Waals surface area contributed by atoms with Crippen molar-refractivity contribution in [2.75, 3.05) is 12.4 Å². The van der Waals surface area contributed by atoms with Crippen molar-refractivity contribution in [1.29, 1.82) is 0 Å². The first kappa shape index (κ1) is 16.8. The zero-order chi connectivity index (χ0) is 15.1. The number of aromatic carboxylic acids is 1. The summed E-state index contributed by atoms with van der Waals surface area (Å²) in [6.07, 6.45) is 0. The van der Waals surface area contributed by atoms with Gasteiger partial charge in [-0.25, -0.2) is 4.79 Å². The predicted molar refractivity (Wildman–Crippen MR) is 68.7 cm³/mol. The fraction of sp³-hybridized carbons (Fsp3) is 0.111. The molecule has 9 nitrogen and oxygen atoms in total. The Morgan fingerprint density at radius 3 is 2.00 bits per heavy atom. The highest BCUT2D eigenvalue weighted by Crippen LogP contribution is 2.08. The summed E-state index contributed by atoms with van der Waals surface area (Å²) in [5.41, 5.74) is 6.37. The molecule has 0 saturated carbocycles. The van der Waals surface area contributed by atoms with Gasteiger partial charge < -0.3 is 16.2 Å². The van der Waals surface area contributed by atoms with Crippen LogP contribution in [0.5, 0.6) is 0 Å². The molecule has 0 fully saturated rings. The van der Waals surface area contributed by atoms with E-state index in [9.17, 15) is 4.79 Å². The molecular weight excluding hydrogens is 278 g/mol. The number of carbonyl (C=O) groups is 1. The molecule has 0 bridgehead atoms. The van der Waals surface area contributed by atoms with Gasteiger partial charge in [0.1, 0.15) is 0 Å². The van der Waals surface area contributed by atoms with Gasteiger partial charge in [0, 0.05) is 12.7 Å². The van der Waals surface area contributed by atoms with Crippen LogP contribution in [-0.2, 0) is 10.4 Å². The monoisotopic (exact) mass is 291 g/mol. The maximum Gasteiger partial charge on any atom is 0.394 e. The van der Waals surface area contributed by atoms with E-state index in [1.807, 2.05) is 0 Å². The predicted octanol–water partition coefficient (Wildman–Crippen LogP) is 0.0884. The first-order valence-electron chi connectivity index (χ1n) is 4.66. The number of rotatable bonds is 2. The lowest BCUT2D eigenvalue weighted by atomic mass is 10.2. The van der Waals surface area contributed by atoms with Crippen LogP contribution in [0.25, 0.3) is 0 Å². The third-order valence-electron chi connectivity index (χ3n) is 1.65. The number of benzene rings is 1. The van der Waals surface area contributed by atoms with Gasteiger partial charge in [-0.05, 0) is 24.3 Å². The van der Waals surface area contributed by atoms with Gasteiger partial charge in [-0.2, -0.15) is 8.42 Å².